The molecule has 0 aromatic heterocycles. The highest BCUT2D eigenvalue weighted by Gasteiger charge is 2.27. The molecule has 1 saturated heterocycles. The quantitative estimate of drug-likeness (QED) is 0.673. The SMILES string of the molecule is O=C(COc1ccc2ccccc2c1)Nc1cccc(S(=O)(=O)N2CCCC2)c1. The number of anilines is 1. The Labute approximate surface area is 170 Å². The summed E-state index contributed by atoms with van der Waals surface area (Å²) < 4.78 is 32.4. The minimum atomic E-state index is -3.52. The average molecular weight is 410 g/mol. The smallest absolute Gasteiger partial charge is 0.262 e. The first-order valence-corrected chi connectivity index (χ1v) is 11.0. The van der Waals surface area contributed by atoms with Crippen molar-refractivity contribution in [1.29, 1.82) is 0 Å². The van der Waals surface area contributed by atoms with Gasteiger partial charge in [0.05, 0.1) is 4.90 Å². The van der Waals surface area contributed by atoms with Gasteiger partial charge in [-0.25, -0.2) is 8.42 Å². The zero-order valence-electron chi connectivity index (χ0n) is 15.9. The number of amides is 1. The fourth-order valence-corrected chi connectivity index (χ4v) is 4.98. The molecule has 0 unspecified atom stereocenters. The zero-order valence-corrected chi connectivity index (χ0v) is 16.7. The van der Waals surface area contributed by atoms with Crippen LogP contribution < -0.4 is 10.1 Å². The number of carbonyl (C=O) groups excluding carboxylic acids is 1. The fourth-order valence-electron chi connectivity index (χ4n) is 3.41. The maximum atomic E-state index is 12.7. The number of sulfonamides is 1. The molecule has 0 saturated carbocycles. The van der Waals surface area contributed by atoms with E-state index in [0.29, 0.717) is 24.5 Å². The van der Waals surface area contributed by atoms with Gasteiger partial charge in [0.25, 0.3) is 5.91 Å². The van der Waals surface area contributed by atoms with Gasteiger partial charge < -0.3 is 10.1 Å². The highest BCUT2D eigenvalue weighted by Crippen LogP contribution is 2.23. The van der Waals surface area contributed by atoms with E-state index in [4.69, 9.17) is 4.74 Å². The lowest BCUT2D eigenvalue weighted by atomic mass is 10.1. The molecule has 6 nitrogen and oxygen atoms in total. The lowest BCUT2D eigenvalue weighted by Crippen LogP contribution is -2.28. The van der Waals surface area contributed by atoms with E-state index in [9.17, 15) is 13.2 Å². The first kappa shape index (κ1) is 19.4. The van der Waals surface area contributed by atoms with Crippen LogP contribution in [0.1, 0.15) is 12.8 Å². The Hall–Kier alpha value is -2.90. The molecule has 3 aromatic carbocycles. The van der Waals surface area contributed by atoms with Gasteiger partial charge in [-0.3, -0.25) is 4.79 Å². The number of hydrogen-bond donors (Lipinski definition) is 1. The van der Waals surface area contributed by atoms with Gasteiger partial charge in [-0.2, -0.15) is 4.31 Å². The number of rotatable bonds is 6. The molecule has 0 atom stereocenters. The second-order valence-corrected chi connectivity index (χ2v) is 8.92. The molecule has 1 aliphatic rings. The summed E-state index contributed by atoms with van der Waals surface area (Å²) in [5.74, 6) is 0.248. The molecule has 29 heavy (non-hydrogen) atoms. The van der Waals surface area contributed by atoms with Crippen molar-refractivity contribution in [3.05, 3.63) is 66.7 Å². The third kappa shape index (κ3) is 4.41. The lowest BCUT2D eigenvalue weighted by Gasteiger charge is -2.16. The van der Waals surface area contributed by atoms with Gasteiger partial charge in [-0.15, -0.1) is 0 Å². The Bertz CT molecular complexity index is 1140. The Morgan fingerprint density at radius 2 is 1.69 bits per heavy atom. The van der Waals surface area contributed by atoms with Crippen LogP contribution in [0.3, 0.4) is 0 Å². The summed E-state index contributed by atoms with van der Waals surface area (Å²) in [6, 6.07) is 19.9. The van der Waals surface area contributed by atoms with E-state index in [2.05, 4.69) is 5.32 Å². The third-order valence-corrected chi connectivity index (χ3v) is 6.81. The van der Waals surface area contributed by atoms with Crippen LogP contribution in [0.15, 0.2) is 71.6 Å². The van der Waals surface area contributed by atoms with Crippen LogP contribution in [0.2, 0.25) is 0 Å². The van der Waals surface area contributed by atoms with Crippen LogP contribution in [0.5, 0.6) is 5.75 Å². The number of carbonyl (C=O) groups is 1. The number of benzene rings is 3. The Morgan fingerprint density at radius 3 is 2.48 bits per heavy atom. The molecule has 0 radical (unpaired) electrons. The van der Waals surface area contributed by atoms with Crippen LogP contribution >= 0.6 is 0 Å². The van der Waals surface area contributed by atoms with E-state index >= 15 is 0 Å². The van der Waals surface area contributed by atoms with E-state index in [1.165, 1.54) is 10.4 Å². The molecule has 4 rings (SSSR count). The summed E-state index contributed by atoms with van der Waals surface area (Å²) in [6.45, 7) is 0.915. The summed E-state index contributed by atoms with van der Waals surface area (Å²) in [5, 5.41) is 4.84. The first-order chi connectivity index (χ1) is 14.0. The van der Waals surface area contributed by atoms with Crippen molar-refractivity contribution >= 4 is 32.4 Å². The molecule has 1 fully saturated rings. The molecule has 0 spiro atoms. The summed E-state index contributed by atoms with van der Waals surface area (Å²) in [5.41, 5.74) is 0.428. The van der Waals surface area contributed by atoms with Gasteiger partial charge in [-0.05, 0) is 53.9 Å². The Balaban J connectivity index is 1.40. The molecule has 7 heteroatoms. The Morgan fingerprint density at radius 1 is 0.931 bits per heavy atom. The van der Waals surface area contributed by atoms with Gasteiger partial charge in [0.1, 0.15) is 5.75 Å². The summed E-state index contributed by atoms with van der Waals surface area (Å²) >= 11 is 0. The van der Waals surface area contributed by atoms with Gasteiger partial charge >= 0.3 is 0 Å². The van der Waals surface area contributed by atoms with Gasteiger partial charge in [0.2, 0.25) is 10.0 Å². The minimum absolute atomic E-state index is 0.165. The van der Waals surface area contributed by atoms with Gasteiger partial charge in [0, 0.05) is 18.8 Å². The minimum Gasteiger partial charge on any atom is -0.484 e. The number of nitrogens with one attached hydrogen (secondary N) is 1. The number of hydrogen-bond acceptors (Lipinski definition) is 4. The van der Waals surface area contributed by atoms with E-state index < -0.39 is 10.0 Å². The van der Waals surface area contributed by atoms with Crippen LogP contribution in [-0.4, -0.2) is 38.3 Å². The molecule has 3 aromatic rings. The van der Waals surface area contributed by atoms with Crippen molar-refractivity contribution < 1.29 is 17.9 Å². The lowest BCUT2D eigenvalue weighted by molar-refractivity contribution is -0.118. The average Bonchev–Trinajstić information content (AvgIpc) is 3.28. The zero-order chi connectivity index (χ0) is 20.3. The fraction of sp³-hybridized carbons (Fsp3) is 0.227. The van der Waals surface area contributed by atoms with E-state index in [1.807, 2.05) is 42.5 Å². The second-order valence-electron chi connectivity index (χ2n) is 6.98. The van der Waals surface area contributed by atoms with E-state index in [-0.39, 0.29) is 17.4 Å². The maximum Gasteiger partial charge on any atom is 0.262 e. The topological polar surface area (TPSA) is 75.7 Å². The molecule has 1 heterocycles. The van der Waals surface area contributed by atoms with Crippen molar-refractivity contribution in [1.82, 2.24) is 4.31 Å². The maximum absolute atomic E-state index is 12.7. The highest BCUT2D eigenvalue weighted by molar-refractivity contribution is 7.89. The number of ether oxygens (including phenoxy) is 1. The van der Waals surface area contributed by atoms with Crippen LogP contribution in [0, 0.1) is 0 Å². The van der Waals surface area contributed by atoms with Gasteiger partial charge in [0.15, 0.2) is 6.61 Å². The van der Waals surface area contributed by atoms with Crippen LogP contribution in [0.25, 0.3) is 10.8 Å². The monoisotopic (exact) mass is 410 g/mol. The summed E-state index contributed by atoms with van der Waals surface area (Å²) in [4.78, 5) is 12.5. The largest absolute Gasteiger partial charge is 0.484 e. The first-order valence-electron chi connectivity index (χ1n) is 9.54. The van der Waals surface area contributed by atoms with Crippen LogP contribution in [0.4, 0.5) is 5.69 Å². The molecule has 1 N–H and O–H groups in total. The van der Waals surface area contributed by atoms with Crippen molar-refractivity contribution in [2.75, 3.05) is 25.0 Å². The van der Waals surface area contributed by atoms with Gasteiger partial charge in [-0.1, -0.05) is 36.4 Å². The van der Waals surface area contributed by atoms with Crippen molar-refractivity contribution in [2.45, 2.75) is 17.7 Å². The third-order valence-electron chi connectivity index (χ3n) is 4.91. The Kier molecular flexibility index (Phi) is 5.51. The molecule has 1 aliphatic heterocycles. The molecular formula is C22H22N2O4S. The molecule has 0 aliphatic carbocycles. The summed E-state index contributed by atoms with van der Waals surface area (Å²) in [6.07, 6.45) is 1.75. The normalized spacial score (nSPS) is 14.8. The molecular weight excluding hydrogens is 388 g/mol. The second kappa shape index (κ2) is 8.23. The summed E-state index contributed by atoms with van der Waals surface area (Å²) in [7, 11) is -3.52. The van der Waals surface area contributed by atoms with E-state index in [0.717, 1.165) is 23.6 Å². The van der Waals surface area contributed by atoms with Crippen LogP contribution in [-0.2, 0) is 14.8 Å². The van der Waals surface area contributed by atoms with E-state index in [1.54, 1.807) is 18.2 Å². The standard InChI is InChI=1S/C22H22N2O4S/c25-22(16-28-20-11-10-17-6-1-2-7-18(17)14-20)23-19-8-5-9-21(15-19)29(26,27)24-12-3-4-13-24/h1-2,5-11,14-15H,3-4,12-13,16H2,(H,23,25). The number of nitrogens with zero attached hydrogens (tertiary/aromatic N) is 1. The highest BCUT2D eigenvalue weighted by atomic mass is 32.2. The van der Waals surface area contributed by atoms with Crippen molar-refractivity contribution in [2.24, 2.45) is 0 Å². The molecule has 150 valence electrons. The van der Waals surface area contributed by atoms with Crippen molar-refractivity contribution in [3.63, 3.8) is 0 Å². The predicted octanol–water partition coefficient (Wildman–Crippen LogP) is 3.64. The molecule has 0 bridgehead atoms. The number of fused-ring (bicyclic) bond motifs is 1. The molecule has 1 amide bonds. The predicted molar refractivity (Wildman–Crippen MR) is 113 cm³/mol. The van der Waals surface area contributed by atoms with Crippen molar-refractivity contribution in [3.8, 4) is 5.75 Å².